The Bertz CT molecular complexity index is 461. The SMILES string of the molecule is CCc1c(S(=O)(=O)O)ccc2c1O2. The fourth-order valence-electron chi connectivity index (χ4n) is 1.34. The molecule has 0 spiro atoms. The second kappa shape index (κ2) is 2.46. The first-order valence-corrected chi connectivity index (χ1v) is 5.29. The maximum Gasteiger partial charge on any atom is 0.294 e. The molecule has 0 aromatic heterocycles. The fraction of sp³-hybridized carbons (Fsp3) is 0.250. The number of benzene rings is 1. The monoisotopic (exact) mass is 200 g/mol. The van der Waals surface area contributed by atoms with Crippen LogP contribution >= 0.6 is 0 Å². The molecule has 0 saturated carbocycles. The van der Waals surface area contributed by atoms with E-state index in [1.165, 1.54) is 12.1 Å². The summed E-state index contributed by atoms with van der Waals surface area (Å²) in [6.07, 6.45) is 0.526. The van der Waals surface area contributed by atoms with Crippen LogP contribution in [0.3, 0.4) is 0 Å². The van der Waals surface area contributed by atoms with E-state index in [0.29, 0.717) is 23.5 Å². The van der Waals surface area contributed by atoms with Crippen LogP contribution in [0.2, 0.25) is 0 Å². The van der Waals surface area contributed by atoms with Crippen molar-refractivity contribution in [2.45, 2.75) is 18.2 Å². The van der Waals surface area contributed by atoms with Crippen LogP contribution in [0.5, 0.6) is 11.5 Å². The molecule has 1 N–H and O–H groups in total. The van der Waals surface area contributed by atoms with Gasteiger partial charge >= 0.3 is 0 Å². The highest BCUT2D eigenvalue weighted by Crippen LogP contribution is 2.50. The summed E-state index contributed by atoms with van der Waals surface area (Å²) in [5.74, 6) is 1.29. The van der Waals surface area contributed by atoms with Crippen LogP contribution in [-0.4, -0.2) is 13.0 Å². The van der Waals surface area contributed by atoms with Crippen LogP contribution in [0, 0.1) is 0 Å². The molecule has 0 aliphatic carbocycles. The molecule has 0 saturated heterocycles. The molecule has 5 heteroatoms. The third kappa shape index (κ3) is 1.30. The summed E-state index contributed by atoms with van der Waals surface area (Å²) in [6.45, 7) is 1.81. The van der Waals surface area contributed by atoms with Gasteiger partial charge in [0.15, 0.2) is 11.5 Å². The van der Waals surface area contributed by atoms with E-state index in [9.17, 15) is 8.42 Å². The molecular weight excluding hydrogens is 192 g/mol. The van der Waals surface area contributed by atoms with Gasteiger partial charge in [-0.25, -0.2) is 0 Å². The first kappa shape index (κ1) is 8.52. The zero-order valence-corrected chi connectivity index (χ0v) is 7.76. The Kier molecular flexibility index (Phi) is 1.61. The molecular formula is C8H8O4S. The van der Waals surface area contributed by atoms with Gasteiger partial charge in [0.25, 0.3) is 10.1 Å². The van der Waals surface area contributed by atoms with E-state index < -0.39 is 10.1 Å². The van der Waals surface area contributed by atoms with Crippen molar-refractivity contribution < 1.29 is 17.7 Å². The third-order valence-corrected chi connectivity index (χ3v) is 2.92. The Hall–Kier alpha value is -1.07. The summed E-state index contributed by atoms with van der Waals surface area (Å²) in [6, 6.07) is 2.90. The van der Waals surface area contributed by atoms with Crippen LogP contribution in [0.4, 0.5) is 0 Å². The lowest BCUT2D eigenvalue weighted by Gasteiger charge is -1.99. The Morgan fingerprint density at radius 1 is 1.46 bits per heavy atom. The van der Waals surface area contributed by atoms with Gasteiger partial charge in [0.2, 0.25) is 0 Å². The Morgan fingerprint density at radius 2 is 2.15 bits per heavy atom. The van der Waals surface area contributed by atoms with Crippen molar-refractivity contribution in [2.75, 3.05) is 0 Å². The Labute approximate surface area is 75.9 Å². The van der Waals surface area contributed by atoms with Crippen molar-refractivity contribution in [3.05, 3.63) is 17.7 Å². The highest BCUT2D eigenvalue weighted by Gasteiger charge is 2.29. The lowest BCUT2D eigenvalue weighted by atomic mass is 10.2. The fourth-order valence-corrected chi connectivity index (χ4v) is 2.13. The zero-order valence-electron chi connectivity index (χ0n) is 6.94. The molecule has 1 heterocycles. The highest BCUT2D eigenvalue weighted by molar-refractivity contribution is 7.85. The van der Waals surface area contributed by atoms with Gasteiger partial charge in [-0.2, -0.15) is 8.42 Å². The average molecular weight is 200 g/mol. The summed E-state index contributed by atoms with van der Waals surface area (Å²) in [5.41, 5.74) is 0.556. The minimum absolute atomic E-state index is 0.0498. The summed E-state index contributed by atoms with van der Waals surface area (Å²) in [4.78, 5) is -0.0498. The van der Waals surface area contributed by atoms with E-state index in [0.717, 1.165) is 0 Å². The molecule has 0 fully saturated rings. The summed E-state index contributed by atoms with van der Waals surface area (Å²) < 4.78 is 35.7. The summed E-state index contributed by atoms with van der Waals surface area (Å²) >= 11 is 0. The molecule has 0 atom stereocenters. The van der Waals surface area contributed by atoms with Crippen molar-refractivity contribution in [1.29, 1.82) is 0 Å². The van der Waals surface area contributed by atoms with Crippen LogP contribution in [0.25, 0.3) is 0 Å². The van der Waals surface area contributed by atoms with Crippen molar-refractivity contribution in [3.63, 3.8) is 0 Å². The normalized spacial score (nSPS) is 13.4. The van der Waals surface area contributed by atoms with E-state index >= 15 is 0 Å². The van der Waals surface area contributed by atoms with Crippen molar-refractivity contribution in [3.8, 4) is 11.5 Å². The Morgan fingerprint density at radius 3 is 2.69 bits per heavy atom. The van der Waals surface area contributed by atoms with Crippen LogP contribution in [-0.2, 0) is 16.5 Å². The smallest absolute Gasteiger partial charge is 0.294 e. The van der Waals surface area contributed by atoms with Gasteiger partial charge < -0.3 is 4.74 Å². The second-order valence-electron chi connectivity index (χ2n) is 2.80. The van der Waals surface area contributed by atoms with Crippen LogP contribution in [0.15, 0.2) is 17.0 Å². The molecule has 0 amide bonds. The quantitative estimate of drug-likeness (QED) is 0.590. The number of hydrogen-bond donors (Lipinski definition) is 1. The molecule has 1 aliphatic rings. The third-order valence-electron chi connectivity index (χ3n) is 1.98. The summed E-state index contributed by atoms with van der Waals surface area (Å²) in [7, 11) is -4.11. The van der Waals surface area contributed by atoms with E-state index in [1.807, 2.05) is 6.92 Å². The lowest BCUT2D eigenvalue weighted by Crippen LogP contribution is -2.00. The predicted octanol–water partition coefficient (Wildman–Crippen LogP) is 1.60. The number of fused-ring (bicyclic) bond motifs is 1. The van der Waals surface area contributed by atoms with E-state index in [-0.39, 0.29) is 4.90 Å². The molecule has 1 aliphatic heterocycles. The van der Waals surface area contributed by atoms with Crippen molar-refractivity contribution >= 4 is 10.1 Å². The zero-order chi connectivity index (χ0) is 9.64. The molecule has 0 bridgehead atoms. The molecule has 0 unspecified atom stereocenters. The second-order valence-corrected chi connectivity index (χ2v) is 4.19. The van der Waals surface area contributed by atoms with Gasteiger partial charge in [0.05, 0.1) is 0 Å². The van der Waals surface area contributed by atoms with Gasteiger partial charge in [0.1, 0.15) is 4.90 Å². The molecule has 1 aromatic rings. The van der Waals surface area contributed by atoms with Gasteiger partial charge in [-0.05, 0) is 18.6 Å². The molecule has 13 heavy (non-hydrogen) atoms. The van der Waals surface area contributed by atoms with Gasteiger partial charge in [-0.3, -0.25) is 4.55 Å². The Balaban J connectivity index is 2.67. The van der Waals surface area contributed by atoms with Gasteiger partial charge in [-0.15, -0.1) is 0 Å². The van der Waals surface area contributed by atoms with E-state index in [4.69, 9.17) is 9.29 Å². The highest BCUT2D eigenvalue weighted by atomic mass is 32.2. The first-order valence-electron chi connectivity index (χ1n) is 3.85. The number of rotatable bonds is 2. The minimum atomic E-state index is -4.11. The lowest BCUT2D eigenvalue weighted by molar-refractivity contribution is 0.482. The van der Waals surface area contributed by atoms with E-state index in [1.54, 1.807) is 0 Å². The van der Waals surface area contributed by atoms with Crippen LogP contribution < -0.4 is 4.74 Å². The summed E-state index contributed by atoms with van der Waals surface area (Å²) in [5, 5.41) is 0. The number of hydrogen-bond acceptors (Lipinski definition) is 3. The van der Waals surface area contributed by atoms with Crippen LogP contribution in [0.1, 0.15) is 12.5 Å². The van der Waals surface area contributed by atoms with Crippen molar-refractivity contribution in [1.82, 2.24) is 0 Å². The number of ether oxygens (including phenoxy) is 1. The molecule has 2 rings (SSSR count). The largest absolute Gasteiger partial charge is 0.449 e. The molecule has 1 aromatic carbocycles. The molecule has 0 radical (unpaired) electrons. The molecule has 70 valence electrons. The average Bonchev–Trinajstić information content (AvgIpc) is 2.78. The maximum atomic E-state index is 10.9. The first-order chi connectivity index (χ1) is 6.04. The van der Waals surface area contributed by atoms with E-state index in [2.05, 4.69) is 0 Å². The topological polar surface area (TPSA) is 66.9 Å². The van der Waals surface area contributed by atoms with Crippen molar-refractivity contribution in [2.24, 2.45) is 0 Å². The maximum absolute atomic E-state index is 10.9. The molecule has 4 nitrogen and oxygen atoms in total. The standard InChI is InChI=1S/C8H8O4S/c1-2-5-7(13(9,10)11)4-3-6-8(5)12-6/h3-4H,2H2,1H3,(H,9,10,11). The van der Waals surface area contributed by atoms with Gasteiger partial charge in [-0.1, -0.05) is 6.92 Å². The van der Waals surface area contributed by atoms with Gasteiger partial charge in [0, 0.05) is 5.56 Å². The minimum Gasteiger partial charge on any atom is -0.449 e. The predicted molar refractivity (Wildman–Crippen MR) is 45.7 cm³/mol.